The van der Waals surface area contributed by atoms with Crippen molar-refractivity contribution in [1.82, 2.24) is 9.78 Å². The Labute approximate surface area is 136 Å². The average Bonchev–Trinajstić information content (AvgIpc) is 2.77. The lowest BCUT2D eigenvalue weighted by molar-refractivity contribution is 0.658. The number of terminal acetylenes is 1. The number of aromatic nitrogens is 2. The summed E-state index contributed by atoms with van der Waals surface area (Å²) in [5.74, 6) is 2.41. The maximum absolute atomic E-state index is 12.1. The molecule has 2 aromatic heterocycles. The van der Waals surface area contributed by atoms with Gasteiger partial charge in [-0.25, -0.2) is 4.68 Å². The minimum absolute atomic E-state index is 0.0935. The predicted octanol–water partition coefficient (Wildman–Crippen LogP) is 3.49. The Morgan fingerprint density at radius 1 is 1.57 bits per heavy atom. The van der Waals surface area contributed by atoms with Gasteiger partial charge in [0, 0.05) is 15.8 Å². The van der Waals surface area contributed by atoms with E-state index >= 15 is 0 Å². The highest BCUT2D eigenvalue weighted by Gasteiger charge is 2.14. The normalized spacial score (nSPS) is 12.0. The molecule has 0 saturated carbocycles. The predicted molar refractivity (Wildman–Crippen MR) is 90.9 cm³/mol. The molecule has 0 bridgehead atoms. The number of rotatable bonds is 4. The molecule has 0 fully saturated rings. The van der Waals surface area contributed by atoms with Crippen LogP contribution in [0.5, 0.6) is 0 Å². The Balaban J connectivity index is 2.28. The Kier molecular flexibility index (Phi) is 4.86. The summed E-state index contributed by atoms with van der Waals surface area (Å²) < 4.78 is 1.70. The molecule has 2 heterocycles. The number of nitrogens with one attached hydrogen (secondary N) is 1. The van der Waals surface area contributed by atoms with Crippen LogP contribution in [0.25, 0.3) is 0 Å². The van der Waals surface area contributed by atoms with Gasteiger partial charge in [-0.05, 0) is 48.3 Å². The van der Waals surface area contributed by atoms with E-state index in [4.69, 9.17) is 6.42 Å². The van der Waals surface area contributed by atoms with Crippen LogP contribution in [-0.2, 0) is 6.54 Å². The molecule has 0 saturated heterocycles. The van der Waals surface area contributed by atoms with Crippen LogP contribution in [0.2, 0.25) is 0 Å². The van der Waals surface area contributed by atoms with Crippen LogP contribution in [0.3, 0.4) is 0 Å². The molecule has 0 radical (unpaired) electrons. The lowest BCUT2D eigenvalue weighted by Gasteiger charge is -2.16. The minimum Gasteiger partial charge on any atom is -0.376 e. The second-order valence-electron chi connectivity index (χ2n) is 4.77. The van der Waals surface area contributed by atoms with Crippen LogP contribution >= 0.6 is 27.3 Å². The van der Waals surface area contributed by atoms with Gasteiger partial charge < -0.3 is 5.32 Å². The van der Waals surface area contributed by atoms with Crippen molar-refractivity contribution in [2.45, 2.75) is 33.4 Å². The van der Waals surface area contributed by atoms with Gasteiger partial charge in [-0.1, -0.05) is 5.92 Å². The van der Waals surface area contributed by atoms with Gasteiger partial charge in [0.15, 0.2) is 0 Å². The van der Waals surface area contributed by atoms with E-state index in [0.29, 0.717) is 10.2 Å². The van der Waals surface area contributed by atoms with E-state index in [1.54, 1.807) is 17.5 Å². The van der Waals surface area contributed by atoms with E-state index in [0.717, 1.165) is 0 Å². The van der Waals surface area contributed by atoms with Crippen LogP contribution in [-0.4, -0.2) is 9.78 Å². The van der Waals surface area contributed by atoms with Crippen LogP contribution < -0.4 is 10.9 Å². The van der Waals surface area contributed by atoms with Crippen molar-refractivity contribution in [2.75, 3.05) is 5.32 Å². The first kappa shape index (κ1) is 15.8. The summed E-state index contributed by atoms with van der Waals surface area (Å²) in [7, 11) is 0. The van der Waals surface area contributed by atoms with Crippen molar-refractivity contribution in [2.24, 2.45) is 0 Å². The number of anilines is 1. The SMILES string of the molecule is C#CCn1ncc(NC(C)c2cc(C)sc2C)c(Br)c1=O. The van der Waals surface area contributed by atoms with Crippen molar-refractivity contribution >= 4 is 33.0 Å². The van der Waals surface area contributed by atoms with Crippen LogP contribution in [0.1, 0.15) is 28.3 Å². The lowest BCUT2D eigenvalue weighted by Crippen LogP contribution is -2.24. The summed E-state index contributed by atoms with van der Waals surface area (Å²) in [6, 6.07) is 2.26. The third-order valence-electron chi connectivity index (χ3n) is 3.14. The number of thiophene rings is 1. The van der Waals surface area contributed by atoms with Crippen LogP contribution in [0, 0.1) is 26.2 Å². The fourth-order valence-electron chi connectivity index (χ4n) is 2.16. The number of aryl methyl sites for hydroxylation is 2. The van der Waals surface area contributed by atoms with E-state index in [2.05, 4.69) is 59.1 Å². The zero-order chi connectivity index (χ0) is 15.6. The lowest BCUT2D eigenvalue weighted by atomic mass is 10.1. The summed E-state index contributed by atoms with van der Waals surface area (Å²) in [6.07, 6.45) is 6.83. The summed E-state index contributed by atoms with van der Waals surface area (Å²) >= 11 is 5.09. The summed E-state index contributed by atoms with van der Waals surface area (Å²) in [5.41, 5.74) is 1.67. The van der Waals surface area contributed by atoms with Gasteiger partial charge in [-0.15, -0.1) is 17.8 Å². The molecule has 2 aromatic rings. The largest absolute Gasteiger partial charge is 0.376 e. The average molecular weight is 366 g/mol. The summed E-state index contributed by atoms with van der Waals surface area (Å²) in [6.45, 7) is 6.42. The second-order valence-corrected chi connectivity index (χ2v) is 7.03. The zero-order valence-electron chi connectivity index (χ0n) is 12.1. The highest BCUT2D eigenvalue weighted by molar-refractivity contribution is 9.10. The fraction of sp³-hybridized carbons (Fsp3) is 0.333. The molecule has 0 amide bonds. The Hall–Kier alpha value is -1.58. The molecule has 1 N–H and O–H groups in total. The van der Waals surface area contributed by atoms with Crippen molar-refractivity contribution in [3.05, 3.63) is 42.4 Å². The molecule has 1 atom stereocenters. The molecule has 0 aliphatic carbocycles. The van der Waals surface area contributed by atoms with Gasteiger partial charge >= 0.3 is 0 Å². The maximum atomic E-state index is 12.1. The van der Waals surface area contributed by atoms with Crippen LogP contribution in [0.4, 0.5) is 5.69 Å². The van der Waals surface area contributed by atoms with Crippen molar-refractivity contribution in [3.63, 3.8) is 0 Å². The van der Waals surface area contributed by atoms with Gasteiger partial charge in [0.25, 0.3) is 5.56 Å². The van der Waals surface area contributed by atoms with E-state index in [9.17, 15) is 4.79 Å². The first-order valence-electron chi connectivity index (χ1n) is 6.46. The number of hydrogen-bond acceptors (Lipinski definition) is 4. The Bertz CT molecular complexity index is 757. The molecule has 0 aliphatic heterocycles. The van der Waals surface area contributed by atoms with E-state index in [-0.39, 0.29) is 18.1 Å². The van der Waals surface area contributed by atoms with Gasteiger partial charge in [-0.3, -0.25) is 4.79 Å². The molecule has 0 aromatic carbocycles. The third-order valence-corrected chi connectivity index (χ3v) is 4.89. The minimum atomic E-state index is -0.233. The number of nitrogens with zero attached hydrogens (tertiary/aromatic N) is 2. The summed E-state index contributed by atoms with van der Waals surface area (Å²) in [5, 5.41) is 7.40. The topological polar surface area (TPSA) is 46.9 Å². The first-order chi connectivity index (χ1) is 9.93. The van der Waals surface area contributed by atoms with E-state index in [1.807, 2.05) is 0 Å². The molecule has 2 rings (SSSR count). The Morgan fingerprint density at radius 3 is 2.86 bits per heavy atom. The van der Waals surface area contributed by atoms with Gasteiger partial charge in [-0.2, -0.15) is 5.10 Å². The molecule has 6 heteroatoms. The highest BCUT2D eigenvalue weighted by atomic mass is 79.9. The van der Waals surface area contributed by atoms with Crippen LogP contribution in [0.15, 0.2) is 21.5 Å². The standard InChI is InChI=1S/C15H16BrN3OS/c1-5-6-19-15(20)14(16)13(8-17-19)18-10(3)12-7-9(2)21-11(12)4/h1,7-8,10,18H,6H2,2-4H3. The molecule has 4 nitrogen and oxygen atoms in total. The fourth-order valence-corrected chi connectivity index (χ4v) is 3.60. The molecular formula is C15H16BrN3OS. The molecule has 21 heavy (non-hydrogen) atoms. The molecular weight excluding hydrogens is 350 g/mol. The second kappa shape index (κ2) is 6.46. The third kappa shape index (κ3) is 3.36. The molecule has 0 spiro atoms. The smallest absolute Gasteiger partial charge is 0.284 e. The van der Waals surface area contributed by atoms with Gasteiger partial charge in [0.2, 0.25) is 0 Å². The van der Waals surface area contributed by atoms with E-state index in [1.165, 1.54) is 20.0 Å². The van der Waals surface area contributed by atoms with Crippen molar-refractivity contribution in [1.29, 1.82) is 0 Å². The van der Waals surface area contributed by atoms with Crippen molar-refractivity contribution in [3.8, 4) is 12.3 Å². The maximum Gasteiger partial charge on any atom is 0.284 e. The van der Waals surface area contributed by atoms with Gasteiger partial charge in [0.1, 0.15) is 11.0 Å². The highest BCUT2D eigenvalue weighted by Crippen LogP contribution is 2.29. The summed E-state index contributed by atoms with van der Waals surface area (Å²) in [4.78, 5) is 14.6. The molecule has 110 valence electrons. The monoisotopic (exact) mass is 365 g/mol. The molecule has 0 aliphatic rings. The zero-order valence-corrected chi connectivity index (χ0v) is 14.5. The quantitative estimate of drug-likeness (QED) is 0.843. The van der Waals surface area contributed by atoms with E-state index < -0.39 is 0 Å². The number of hydrogen-bond donors (Lipinski definition) is 1. The Morgan fingerprint density at radius 2 is 2.29 bits per heavy atom. The van der Waals surface area contributed by atoms with Crippen molar-refractivity contribution < 1.29 is 0 Å². The first-order valence-corrected chi connectivity index (χ1v) is 8.07. The molecule has 1 unspecified atom stereocenters. The number of halogens is 1. The van der Waals surface area contributed by atoms with Gasteiger partial charge in [0.05, 0.1) is 11.9 Å².